The molecule has 0 aliphatic carbocycles. The Kier molecular flexibility index (Phi) is 2.35. The maximum Gasteiger partial charge on any atom is 0.0745 e. The molecule has 12 heavy (non-hydrogen) atoms. The fraction of sp³-hybridized carbons (Fsp3) is 1.00. The lowest BCUT2D eigenvalue weighted by molar-refractivity contribution is 0.0340. The lowest BCUT2D eigenvalue weighted by Crippen LogP contribution is -2.28. The Bertz CT molecular complexity index is 149. The average Bonchev–Trinajstić information content (AvgIpc) is 2.43. The molecule has 2 rings (SSSR count). The molecule has 3 atom stereocenters. The summed E-state index contributed by atoms with van der Waals surface area (Å²) in [7, 11) is 4.21. The van der Waals surface area contributed by atoms with E-state index in [2.05, 4.69) is 24.3 Å². The molecule has 0 aromatic heterocycles. The van der Waals surface area contributed by atoms with Crippen molar-refractivity contribution in [2.24, 2.45) is 5.92 Å². The molecule has 3 heteroatoms. The van der Waals surface area contributed by atoms with Crippen LogP contribution < -0.4 is 5.32 Å². The van der Waals surface area contributed by atoms with Crippen molar-refractivity contribution in [1.29, 1.82) is 0 Å². The van der Waals surface area contributed by atoms with Gasteiger partial charge in [-0.05, 0) is 20.5 Å². The summed E-state index contributed by atoms with van der Waals surface area (Å²) >= 11 is 0. The van der Waals surface area contributed by atoms with E-state index in [4.69, 9.17) is 4.74 Å². The van der Waals surface area contributed by atoms with Crippen molar-refractivity contribution in [2.45, 2.75) is 18.6 Å². The summed E-state index contributed by atoms with van der Waals surface area (Å²) in [4.78, 5) is 2.21. The van der Waals surface area contributed by atoms with Crippen LogP contribution in [0, 0.1) is 5.92 Å². The number of hydrogen-bond acceptors (Lipinski definition) is 3. The molecule has 0 radical (unpaired) electrons. The number of likely N-dealkylation sites (N-methyl/N-ethyl adjacent to an activating group) is 1. The third-order valence-electron chi connectivity index (χ3n) is 2.78. The van der Waals surface area contributed by atoms with Crippen molar-refractivity contribution in [3.8, 4) is 0 Å². The standard InChI is InChI=1S/C9H18N2O/c1-11(2)6-8-3-7-4-10-5-9(7)12-8/h7-10H,3-6H2,1-2H3/t7-,8-,9+/m0/s1. The van der Waals surface area contributed by atoms with Gasteiger partial charge in [-0.2, -0.15) is 0 Å². The molecule has 0 bridgehead atoms. The molecule has 2 fully saturated rings. The van der Waals surface area contributed by atoms with E-state index >= 15 is 0 Å². The van der Waals surface area contributed by atoms with Gasteiger partial charge in [0.25, 0.3) is 0 Å². The maximum absolute atomic E-state index is 5.89. The van der Waals surface area contributed by atoms with Crippen LogP contribution in [-0.4, -0.2) is 50.8 Å². The Labute approximate surface area is 74.1 Å². The van der Waals surface area contributed by atoms with E-state index in [0.717, 1.165) is 25.6 Å². The number of rotatable bonds is 2. The van der Waals surface area contributed by atoms with Crippen molar-refractivity contribution in [1.82, 2.24) is 10.2 Å². The van der Waals surface area contributed by atoms with Gasteiger partial charge in [-0.1, -0.05) is 0 Å². The number of ether oxygens (including phenoxy) is 1. The van der Waals surface area contributed by atoms with Gasteiger partial charge in [0, 0.05) is 25.6 Å². The summed E-state index contributed by atoms with van der Waals surface area (Å²) in [5.74, 6) is 0.787. The molecule has 2 aliphatic heterocycles. The van der Waals surface area contributed by atoms with Crippen LogP contribution in [0.1, 0.15) is 6.42 Å². The van der Waals surface area contributed by atoms with Crippen molar-refractivity contribution in [3.63, 3.8) is 0 Å². The molecule has 0 aromatic rings. The van der Waals surface area contributed by atoms with E-state index < -0.39 is 0 Å². The van der Waals surface area contributed by atoms with Crippen molar-refractivity contribution >= 4 is 0 Å². The molecular weight excluding hydrogens is 152 g/mol. The Balaban J connectivity index is 1.82. The molecule has 2 aliphatic rings. The average molecular weight is 170 g/mol. The SMILES string of the molecule is CN(C)C[C@@H]1C[C@H]2CNC[C@H]2O1. The predicted octanol–water partition coefficient (Wildman–Crippen LogP) is -0.0751. The summed E-state index contributed by atoms with van der Waals surface area (Å²) in [6, 6.07) is 0. The summed E-state index contributed by atoms with van der Waals surface area (Å²) in [5, 5.41) is 3.36. The lowest BCUT2D eigenvalue weighted by atomic mass is 10.0. The minimum atomic E-state index is 0.483. The van der Waals surface area contributed by atoms with Crippen LogP contribution in [0.2, 0.25) is 0 Å². The Morgan fingerprint density at radius 2 is 2.25 bits per heavy atom. The van der Waals surface area contributed by atoms with Crippen molar-refractivity contribution < 1.29 is 4.74 Å². The highest BCUT2D eigenvalue weighted by Crippen LogP contribution is 2.28. The van der Waals surface area contributed by atoms with Crippen LogP contribution in [0.15, 0.2) is 0 Å². The highest BCUT2D eigenvalue weighted by atomic mass is 16.5. The largest absolute Gasteiger partial charge is 0.372 e. The van der Waals surface area contributed by atoms with Crippen LogP contribution in [0.3, 0.4) is 0 Å². The van der Waals surface area contributed by atoms with E-state index in [0.29, 0.717) is 12.2 Å². The second kappa shape index (κ2) is 3.32. The first-order valence-electron chi connectivity index (χ1n) is 4.76. The van der Waals surface area contributed by atoms with Crippen LogP contribution in [0.25, 0.3) is 0 Å². The van der Waals surface area contributed by atoms with Gasteiger partial charge in [-0.25, -0.2) is 0 Å². The van der Waals surface area contributed by atoms with Crippen LogP contribution >= 0.6 is 0 Å². The number of hydrogen-bond donors (Lipinski definition) is 1. The highest BCUT2D eigenvalue weighted by Gasteiger charge is 2.38. The zero-order valence-corrected chi connectivity index (χ0v) is 7.92. The monoisotopic (exact) mass is 170 g/mol. The molecule has 1 N–H and O–H groups in total. The van der Waals surface area contributed by atoms with Gasteiger partial charge in [-0.3, -0.25) is 0 Å². The Morgan fingerprint density at radius 1 is 1.42 bits per heavy atom. The van der Waals surface area contributed by atoms with Crippen LogP contribution in [0.4, 0.5) is 0 Å². The Hall–Kier alpha value is -0.120. The quantitative estimate of drug-likeness (QED) is 0.627. The van der Waals surface area contributed by atoms with Gasteiger partial charge in [0.2, 0.25) is 0 Å². The number of nitrogens with zero attached hydrogens (tertiary/aromatic N) is 1. The molecule has 0 unspecified atom stereocenters. The van der Waals surface area contributed by atoms with Crippen LogP contribution in [0.5, 0.6) is 0 Å². The van der Waals surface area contributed by atoms with Gasteiger partial charge >= 0.3 is 0 Å². The molecule has 2 saturated heterocycles. The molecule has 2 heterocycles. The normalized spacial score (nSPS) is 40.8. The predicted molar refractivity (Wildman–Crippen MR) is 48.2 cm³/mol. The minimum Gasteiger partial charge on any atom is -0.372 e. The fourth-order valence-electron chi connectivity index (χ4n) is 2.27. The van der Waals surface area contributed by atoms with Crippen molar-refractivity contribution in [2.75, 3.05) is 33.7 Å². The summed E-state index contributed by atoms with van der Waals surface area (Å²) in [6.07, 6.45) is 2.24. The van der Waals surface area contributed by atoms with E-state index in [1.54, 1.807) is 0 Å². The molecule has 0 spiro atoms. The van der Waals surface area contributed by atoms with E-state index in [9.17, 15) is 0 Å². The topological polar surface area (TPSA) is 24.5 Å². The Morgan fingerprint density at radius 3 is 2.92 bits per heavy atom. The highest BCUT2D eigenvalue weighted by molar-refractivity contribution is 4.90. The first-order valence-corrected chi connectivity index (χ1v) is 4.76. The third kappa shape index (κ3) is 1.63. The van der Waals surface area contributed by atoms with Gasteiger partial charge < -0.3 is 15.0 Å². The molecular formula is C9H18N2O. The smallest absolute Gasteiger partial charge is 0.0745 e. The van der Waals surface area contributed by atoms with Crippen LogP contribution in [-0.2, 0) is 4.74 Å². The van der Waals surface area contributed by atoms with Crippen molar-refractivity contribution in [3.05, 3.63) is 0 Å². The molecule has 0 saturated carbocycles. The molecule has 3 nitrogen and oxygen atoms in total. The molecule has 70 valence electrons. The van der Waals surface area contributed by atoms with Gasteiger partial charge in [-0.15, -0.1) is 0 Å². The third-order valence-corrected chi connectivity index (χ3v) is 2.78. The second-order valence-corrected chi connectivity index (χ2v) is 4.21. The molecule has 0 amide bonds. The zero-order chi connectivity index (χ0) is 8.55. The second-order valence-electron chi connectivity index (χ2n) is 4.21. The summed E-state index contributed by atoms with van der Waals surface area (Å²) in [6.45, 7) is 3.30. The number of nitrogens with one attached hydrogen (secondary N) is 1. The number of fused-ring (bicyclic) bond motifs is 1. The van der Waals surface area contributed by atoms with E-state index in [-0.39, 0.29) is 0 Å². The van der Waals surface area contributed by atoms with Gasteiger partial charge in [0.1, 0.15) is 0 Å². The maximum atomic E-state index is 5.89. The minimum absolute atomic E-state index is 0.483. The first kappa shape index (κ1) is 8.48. The lowest BCUT2D eigenvalue weighted by Gasteiger charge is -2.16. The van der Waals surface area contributed by atoms with Gasteiger partial charge in [0.15, 0.2) is 0 Å². The fourth-order valence-corrected chi connectivity index (χ4v) is 2.27. The molecule has 0 aromatic carbocycles. The summed E-state index contributed by atoms with van der Waals surface area (Å²) < 4.78 is 5.89. The van der Waals surface area contributed by atoms with E-state index in [1.807, 2.05) is 0 Å². The zero-order valence-electron chi connectivity index (χ0n) is 7.92. The summed E-state index contributed by atoms with van der Waals surface area (Å²) in [5.41, 5.74) is 0. The van der Waals surface area contributed by atoms with Gasteiger partial charge in [0.05, 0.1) is 12.2 Å². The first-order chi connectivity index (χ1) is 5.75. The van der Waals surface area contributed by atoms with E-state index in [1.165, 1.54) is 6.42 Å².